The lowest BCUT2D eigenvalue weighted by molar-refractivity contribution is 0.204. The van der Waals surface area contributed by atoms with Crippen molar-refractivity contribution in [2.75, 3.05) is 4.90 Å². The molecule has 23 heavy (non-hydrogen) atoms. The molecule has 1 aromatic carbocycles. The molecule has 1 amide bonds. The Labute approximate surface area is 136 Å². The fourth-order valence-corrected chi connectivity index (χ4v) is 3.37. The summed E-state index contributed by atoms with van der Waals surface area (Å²) < 4.78 is 1.95. The number of hydrogen-bond donors (Lipinski definition) is 1. The van der Waals surface area contributed by atoms with Crippen LogP contribution in [-0.2, 0) is 0 Å². The Morgan fingerprint density at radius 2 is 1.83 bits per heavy atom. The lowest BCUT2D eigenvalue weighted by Crippen LogP contribution is -2.28. The minimum atomic E-state index is -0.976. The maximum absolute atomic E-state index is 12.0. The van der Waals surface area contributed by atoms with Crippen molar-refractivity contribution >= 4 is 17.6 Å². The molecule has 0 aliphatic heterocycles. The zero-order valence-electron chi connectivity index (χ0n) is 13.7. The molecule has 1 heterocycles. The highest BCUT2D eigenvalue weighted by Gasteiger charge is 2.28. The first-order valence-electron chi connectivity index (χ1n) is 8.23. The van der Waals surface area contributed by atoms with Gasteiger partial charge in [0.2, 0.25) is 0 Å². The van der Waals surface area contributed by atoms with Crippen molar-refractivity contribution in [3.8, 4) is 0 Å². The monoisotopic (exact) mass is 313 g/mol. The molecule has 0 spiro atoms. The van der Waals surface area contributed by atoms with Gasteiger partial charge in [-0.05, 0) is 38.8 Å². The van der Waals surface area contributed by atoms with Crippen LogP contribution in [0, 0.1) is 13.8 Å². The lowest BCUT2D eigenvalue weighted by atomic mass is 9.95. The van der Waals surface area contributed by atoms with Gasteiger partial charge in [0.05, 0.1) is 17.4 Å². The number of aryl methyl sites for hydroxylation is 1. The van der Waals surface area contributed by atoms with E-state index in [9.17, 15) is 9.90 Å². The first-order valence-corrected chi connectivity index (χ1v) is 8.23. The second kappa shape index (κ2) is 6.44. The van der Waals surface area contributed by atoms with Gasteiger partial charge in [-0.2, -0.15) is 5.10 Å². The van der Waals surface area contributed by atoms with E-state index in [-0.39, 0.29) is 6.04 Å². The van der Waals surface area contributed by atoms with Crippen LogP contribution in [0.25, 0.3) is 0 Å². The van der Waals surface area contributed by atoms with Crippen LogP contribution in [0.2, 0.25) is 0 Å². The Morgan fingerprint density at radius 3 is 2.43 bits per heavy atom. The van der Waals surface area contributed by atoms with Crippen LogP contribution in [0.15, 0.2) is 30.3 Å². The van der Waals surface area contributed by atoms with Crippen LogP contribution in [-0.4, -0.2) is 21.0 Å². The molecule has 5 heteroatoms. The molecule has 0 bridgehead atoms. The zero-order valence-corrected chi connectivity index (χ0v) is 13.7. The van der Waals surface area contributed by atoms with Crippen molar-refractivity contribution in [3.63, 3.8) is 0 Å². The van der Waals surface area contributed by atoms with Crippen molar-refractivity contribution in [1.82, 2.24) is 9.78 Å². The van der Waals surface area contributed by atoms with Gasteiger partial charge in [0.15, 0.2) is 0 Å². The Bertz CT molecular complexity index is 688. The van der Waals surface area contributed by atoms with Crippen molar-refractivity contribution in [3.05, 3.63) is 41.6 Å². The molecule has 0 atom stereocenters. The highest BCUT2D eigenvalue weighted by molar-refractivity contribution is 5.94. The smallest absolute Gasteiger partial charge is 0.417 e. The fourth-order valence-electron chi connectivity index (χ4n) is 3.37. The summed E-state index contributed by atoms with van der Waals surface area (Å²) in [6.07, 6.45) is 4.77. The summed E-state index contributed by atoms with van der Waals surface area (Å²) in [5.74, 6) is 0.688. The molecule has 1 aromatic heterocycles. The standard InChI is InChI=1S/C18H23N3O2/c1-13-14(2)19-21(16-11-7-4-8-12-16)17(13)20(18(22)23)15-9-5-3-6-10-15/h3,5-6,9-10,16H,4,7-8,11-12H2,1-2H3,(H,22,23). The fraction of sp³-hybridized carbons (Fsp3) is 0.444. The van der Waals surface area contributed by atoms with Gasteiger partial charge in [0, 0.05) is 5.56 Å². The summed E-state index contributed by atoms with van der Waals surface area (Å²) in [5.41, 5.74) is 2.48. The van der Waals surface area contributed by atoms with E-state index in [1.165, 1.54) is 24.2 Å². The van der Waals surface area contributed by atoms with Crippen LogP contribution in [0.5, 0.6) is 0 Å². The Kier molecular flexibility index (Phi) is 4.37. The molecule has 1 N–H and O–H groups in total. The maximum Gasteiger partial charge on any atom is 0.417 e. The van der Waals surface area contributed by atoms with Crippen LogP contribution < -0.4 is 4.90 Å². The van der Waals surface area contributed by atoms with Crippen molar-refractivity contribution in [1.29, 1.82) is 0 Å². The van der Waals surface area contributed by atoms with E-state index >= 15 is 0 Å². The van der Waals surface area contributed by atoms with Crippen molar-refractivity contribution < 1.29 is 9.90 Å². The van der Waals surface area contributed by atoms with Crippen LogP contribution in [0.1, 0.15) is 49.4 Å². The molecule has 5 nitrogen and oxygen atoms in total. The molecule has 0 radical (unpaired) electrons. The molecule has 1 aliphatic rings. The third-order valence-electron chi connectivity index (χ3n) is 4.69. The summed E-state index contributed by atoms with van der Waals surface area (Å²) >= 11 is 0. The molecule has 3 rings (SSSR count). The predicted molar refractivity (Wildman–Crippen MR) is 90.4 cm³/mol. The van der Waals surface area contributed by atoms with Gasteiger partial charge in [-0.3, -0.25) is 0 Å². The van der Waals surface area contributed by atoms with Gasteiger partial charge in [0.25, 0.3) is 0 Å². The summed E-state index contributed by atoms with van der Waals surface area (Å²) in [4.78, 5) is 13.3. The maximum atomic E-state index is 12.0. The van der Waals surface area contributed by atoms with Gasteiger partial charge in [-0.25, -0.2) is 14.4 Å². The minimum Gasteiger partial charge on any atom is -0.464 e. The highest BCUT2D eigenvalue weighted by Crippen LogP contribution is 2.37. The van der Waals surface area contributed by atoms with E-state index in [0.717, 1.165) is 24.1 Å². The molecule has 122 valence electrons. The third kappa shape index (κ3) is 2.96. The SMILES string of the molecule is Cc1nn(C2CCCCC2)c(N(C(=O)O)c2ccccc2)c1C. The molecular weight excluding hydrogens is 290 g/mol. The third-order valence-corrected chi connectivity index (χ3v) is 4.69. The first kappa shape index (κ1) is 15.6. The number of nitrogens with zero attached hydrogens (tertiary/aromatic N) is 3. The second-order valence-electron chi connectivity index (χ2n) is 6.22. The van der Waals surface area contributed by atoms with E-state index in [2.05, 4.69) is 5.10 Å². The number of anilines is 2. The topological polar surface area (TPSA) is 58.4 Å². The largest absolute Gasteiger partial charge is 0.464 e. The summed E-state index contributed by atoms with van der Waals surface area (Å²) in [5, 5.41) is 14.5. The zero-order chi connectivity index (χ0) is 16.4. The van der Waals surface area contributed by atoms with Crippen LogP contribution in [0.3, 0.4) is 0 Å². The Morgan fingerprint density at radius 1 is 1.17 bits per heavy atom. The van der Waals surface area contributed by atoms with Gasteiger partial charge in [0.1, 0.15) is 5.82 Å². The average molecular weight is 313 g/mol. The van der Waals surface area contributed by atoms with E-state index in [1.54, 1.807) is 0 Å². The van der Waals surface area contributed by atoms with Crippen LogP contribution >= 0.6 is 0 Å². The number of hydrogen-bond acceptors (Lipinski definition) is 2. The van der Waals surface area contributed by atoms with Gasteiger partial charge in [-0.15, -0.1) is 0 Å². The van der Waals surface area contributed by atoms with Gasteiger partial charge in [-0.1, -0.05) is 37.5 Å². The average Bonchev–Trinajstić information content (AvgIpc) is 2.85. The number of carbonyl (C=O) groups is 1. The normalized spacial score (nSPS) is 15.6. The van der Waals surface area contributed by atoms with Crippen LogP contribution in [0.4, 0.5) is 16.3 Å². The molecular formula is C18H23N3O2. The molecule has 0 saturated heterocycles. The number of amides is 1. The van der Waals surface area contributed by atoms with E-state index in [4.69, 9.17) is 0 Å². The number of aromatic nitrogens is 2. The summed E-state index contributed by atoms with van der Waals surface area (Å²) in [6, 6.07) is 9.53. The first-order chi connectivity index (χ1) is 11.1. The predicted octanol–water partition coefficient (Wildman–Crippen LogP) is 4.82. The van der Waals surface area contributed by atoms with Gasteiger partial charge >= 0.3 is 6.09 Å². The molecule has 0 unspecified atom stereocenters. The van der Waals surface area contributed by atoms with Gasteiger partial charge < -0.3 is 5.11 Å². The molecule has 1 fully saturated rings. The summed E-state index contributed by atoms with van der Waals surface area (Å²) in [7, 11) is 0. The second-order valence-corrected chi connectivity index (χ2v) is 6.22. The highest BCUT2D eigenvalue weighted by atomic mass is 16.4. The van der Waals surface area contributed by atoms with Crippen molar-refractivity contribution in [2.24, 2.45) is 0 Å². The lowest BCUT2D eigenvalue weighted by Gasteiger charge is -2.28. The minimum absolute atomic E-state index is 0.289. The quantitative estimate of drug-likeness (QED) is 0.883. The number of carboxylic acid groups (broad SMARTS) is 1. The Balaban J connectivity index is 2.10. The molecule has 2 aromatic rings. The van der Waals surface area contributed by atoms with Crippen molar-refractivity contribution in [2.45, 2.75) is 52.0 Å². The number of para-hydroxylation sites is 1. The van der Waals surface area contributed by atoms with E-state index in [0.29, 0.717) is 11.5 Å². The molecule has 1 saturated carbocycles. The molecule has 1 aliphatic carbocycles. The number of benzene rings is 1. The summed E-state index contributed by atoms with van der Waals surface area (Å²) in [6.45, 7) is 3.90. The van der Waals surface area contributed by atoms with E-state index < -0.39 is 6.09 Å². The van der Waals surface area contributed by atoms with E-state index in [1.807, 2.05) is 48.9 Å². The number of rotatable bonds is 3. The Hall–Kier alpha value is -2.30.